The fraction of sp³-hybridized carbons (Fsp3) is 0.500. The number of rotatable bonds is 2. The van der Waals surface area contributed by atoms with Gasteiger partial charge >= 0.3 is 6.18 Å². The van der Waals surface area contributed by atoms with Crippen molar-refractivity contribution in [2.24, 2.45) is 0 Å². The second-order valence-corrected chi connectivity index (χ2v) is 4.81. The molecular formula is C12H15Cl2F3N2O. The first kappa shape index (κ1) is 17.4. The molecule has 8 heteroatoms. The number of aromatic hydroxyl groups is 1. The molecule has 1 aromatic rings. The van der Waals surface area contributed by atoms with Crippen molar-refractivity contribution in [2.45, 2.75) is 12.2 Å². The van der Waals surface area contributed by atoms with E-state index in [1.807, 2.05) is 0 Å². The van der Waals surface area contributed by atoms with Gasteiger partial charge in [-0.3, -0.25) is 4.90 Å². The lowest BCUT2D eigenvalue weighted by molar-refractivity contribution is -0.188. The van der Waals surface area contributed by atoms with Crippen LogP contribution in [0.2, 0.25) is 5.02 Å². The zero-order valence-corrected chi connectivity index (χ0v) is 12.0. The fourth-order valence-electron chi connectivity index (χ4n) is 2.27. The monoisotopic (exact) mass is 330 g/mol. The molecule has 0 aliphatic carbocycles. The lowest BCUT2D eigenvalue weighted by Crippen LogP contribution is -2.49. The first-order chi connectivity index (χ1) is 8.91. The number of phenolic OH excluding ortho intramolecular Hbond substituents is 1. The molecule has 0 spiro atoms. The molecule has 114 valence electrons. The van der Waals surface area contributed by atoms with Crippen LogP contribution in [-0.4, -0.2) is 42.4 Å². The summed E-state index contributed by atoms with van der Waals surface area (Å²) in [5.41, 5.74) is -0.193. The van der Waals surface area contributed by atoms with E-state index >= 15 is 0 Å². The predicted octanol–water partition coefficient (Wildman–Crippen LogP) is 2.98. The molecule has 0 amide bonds. The van der Waals surface area contributed by atoms with E-state index < -0.39 is 18.0 Å². The van der Waals surface area contributed by atoms with Crippen molar-refractivity contribution in [3.63, 3.8) is 0 Å². The minimum atomic E-state index is -4.46. The van der Waals surface area contributed by atoms with Crippen molar-refractivity contribution < 1.29 is 18.3 Å². The van der Waals surface area contributed by atoms with E-state index in [9.17, 15) is 18.3 Å². The Morgan fingerprint density at radius 1 is 1.25 bits per heavy atom. The number of piperazine rings is 1. The van der Waals surface area contributed by atoms with Gasteiger partial charge in [-0.15, -0.1) is 12.4 Å². The first-order valence-corrected chi connectivity index (χ1v) is 6.28. The maximum absolute atomic E-state index is 13.3. The van der Waals surface area contributed by atoms with Gasteiger partial charge < -0.3 is 10.4 Å². The highest BCUT2D eigenvalue weighted by molar-refractivity contribution is 6.32. The third kappa shape index (κ3) is 3.69. The van der Waals surface area contributed by atoms with Gasteiger partial charge in [-0.2, -0.15) is 13.2 Å². The van der Waals surface area contributed by atoms with Gasteiger partial charge in [0.1, 0.15) is 11.8 Å². The summed E-state index contributed by atoms with van der Waals surface area (Å²) in [7, 11) is 0. The molecule has 0 aromatic heterocycles. The molecule has 2 rings (SSSR count). The van der Waals surface area contributed by atoms with Crippen LogP contribution in [0.25, 0.3) is 0 Å². The molecule has 1 fully saturated rings. The fourth-order valence-corrected chi connectivity index (χ4v) is 2.45. The maximum Gasteiger partial charge on any atom is 0.408 e. The van der Waals surface area contributed by atoms with Crippen LogP contribution < -0.4 is 5.32 Å². The number of halogens is 5. The SMILES string of the molecule is Cl.Oc1c(Cl)cccc1[C@@H](N1CCNCC1)C(F)(F)F. The molecule has 1 aliphatic heterocycles. The summed E-state index contributed by atoms with van der Waals surface area (Å²) in [5, 5.41) is 12.7. The van der Waals surface area contributed by atoms with Gasteiger partial charge in [0.05, 0.1) is 5.02 Å². The van der Waals surface area contributed by atoms with Gasteiger partial charge in [-0.25, -0.2) is 0 Å². The summed E-state index contributed by atoms with van der Waals surface area (Å²) in [6, 6.07) is 2.22. The van der Waals surface area contributed by atoms with E-state index in [-0.39, 0.29) is 36.1 Å². The van der Waals surface area contributed by atoms with Crippen molar-refractivity contribution in [1.29, 1.82) is 0 Å². The van der Waals surface area contributed by atoms with Gasteiger partial charge in [-0.05, 0) is 6.07 Å². The van der Waals surface area contributed by atoms with Gasteiger partial charge in [0, 0.05) is 31.7 Å². The lowest BCUT2D eigenvalue weighted by atomic mass is 10.0. The summed E-state index contributed by atoms with van der Waals surface area (Å²) in [6.45, 7) is 1.54. The normalized spacial score (nSPS) is 18.4. The van der Waals surface area contributed by atoms with Crippen LogP contribution in [0.4, 0.5) is 13.2 Å². The largest absolute Gasteiger partial charge is 0.506 e. The number of hydrogen-bond acceptors (Lipinski definition) is 3. The third-order valence-corrected chi connectivity index (χ3v) is 3.44. The number of hydrogen-bond donors (Lipinski definition) is 2. The van der Waals surface area contributed by atoms with Gasteiger partial charge in [0.15, 0.2) is 0 Å². The highest BCUT2D eigenvalue weighted by atomic mass is 35.5. The van der Waals surface area contributed by atoms with Crippen molar-refractivity contribution in [3.8, 4) is 5.75 Å². The van der Waals surface area contributed by atoms with Gasteiger partial charge in [0.25, 0.3) is 0 Å². The van der Waals surface area contributed by atoms with Crippen LogP contribution in [0.3, 0.4) is 0 Å². The van der Waals surface area contributed by atoms with E-state index in [0.717, 1.165) is 0 Å². The van der Waals surface area contributed by atoms with Crippen molar-refractivity contribution in [1.82, 2.24) is 10.2 Å². The van der Waals surface area contributed by atoms with Crippen molar-refractivity contribution in [3.05, 3.63) is 28.8 Å². The second-order valence-electron chi connectivity index (χ2n) is 4.41. The molecule has 1 saturated heterocycles. The summed E-state index contributed by atoms with van der Waals surface area (Å²) in [6.07, 6.45) is -4.46. The minimum absolute atomic E-state index is 0. The lowest BCUT2D eigenvalue weighted by Gasteiger charge is -2.36. The average Bonchev–Trinajstić information content (AvgIpc) is 2.35. The summed E-state index contributed by atoms with van der Waals surface area (Å²) < 4.78 is 39.9. The molecule has 3 nitrogen and oxygen atoms in total. The molecule has 1 atom stereocenters. The molecule has 20 heavy (non-hydrogen) atoms. The first-order valence-electron chi connectivity index (χ1n) is 5.90. The molecule has 0 radical (unpaired) electrons. The molecule has 1 heterocycles. The maximum atomic E-state index is 13.3. The van der Waals surface area contributed by atoms with Crippen LogP contribution >= 0.6 is 24.0 Å². The molecule has 1 aromatic carbocycles. The van der Waals surface area contributed by atoms with Crippen LogP contribution in [0.15, 0.2) is 18.2 Å². The van der Waals surface area contributed by atoms with E-state index in [0.29, 0.717) is 13.1 Å². The third-order valence-electron chi connectivity index (χ3n) is 3.14. The minimum Gasteiger partial charge on any atom is -0.506 e. The Labute approximate surface area is 126 Å². The van der Waals surface area contributed by atoms with Gasteiger partial charge in [-0.1, -0.05) is 23.7 Å². The van der Waals surface area contributed by atoms with E-state index in [1.54, 1.807) is 0 Å². The highest BCUT2D eigenvalue weighted by Gasteiger charge is 2.46. The Bertz CT molecular complexity index is 451. The van der Waals surface area contributed by atoms with Crippen molar-refractivity contribution >= 4 is 24.0 Å². The molecule has 2 N–H and O–H groups in total. The van der Waals surface area contributed by atoms with Crippen LogP contribution in [0.1, 0.15) is 11.6 Å². The Hall–Kier alpha value is -0.690. The molecule has 0 unspecified atom stereocenters. The topological polar surface area (TPSA) is 35.5 Å². The van der Waals surface area contributed by atoms with Crippen LogP contribution in [0.5, 0.6) is 5.75 Å². The quantitative estimate of drug-likeness (QED) is 0.875. The number of para-hydroxylation sites is 1. The zero-order valence-electron chi connectivity index (χ0n) is 10.5. The molecular weight excluding hydrogens is 316 g/mol. The Kier molecular flexibility index (Phi) is 5.94. The number of alkyl halides is 3. The Morgan fingerprint density at radius 3 is 2.40 bits per heavy atom. The van der Waals surface area contributed by atoms with Crippen LogP contribution in [-0.2, 0) is 0 Å². The number of phenols is 1. The summed E-state index contributed by atoms with van der Waals surface area (Å²) in [4.78, 5) is 1.31. The molecule has 0 bridgehead atoms. The van der Waals surface area contributed by atoms with E-state index in [4.69, 9.17) is 11.6 Å². The number of nitrogens with zero attached hydrogens (tertiary/aromatic N) is 1. The predicted molar refractivity (Wildman–Crippen MR) is 73.6 cm³/mol. The van der Waals surface area contributed by atoms with Crippen molar-refractivity contribution in [2.75, 3.05) is 26.2 Å². The highest BCUT2D eigenvalue weighted by Crippen LogP contribution is 2.43. The Morgan fingerprint density at radius 2 is 1.85 bits per heavy atom. The standard InChI is InChI=1S/C12H14ClF3N2O.ClH/c13-9-3-1-2-8(10(9)19)11(12(14,15)16)18-6-4-17-5-7-18;/h1-3,11,17,19H,4-7H2;1H/t11-;/m1./s1. The summed E-state index contributed by atoms with van der Waals surface area (Å²) in [5.74, 6) is -0.495. The zero-order chi connectivity index (χ0) is 14.0. The van der Waals surface area contributed by atoms with Crippen LogP contribution in [0, 0.1) is 0 Å². The Balaban J connectivity index is 0.00000200. The average molecular weight is 331 g/mol. The summed E-state index contributed by atoms with van der Waals surface area (Å²) >= 11 is 5.70. The molecule has 1 aliphatic rings. The number of benzene rings is 1. The molecule has 0 saturated carbocycles. The van der Waals surface area contributed by atoms with E-state index in [2.05, 4.69) is 5.32 Å². The smallest absolute Gasteiger partial charge is 0.408 e. The number of nitrogens with one attached hydrogen (secondary N) is 1. The van der Waals surface area contributed by atoms with E-state index in [1.165, 1.54) is 23.1 Å². The second kappa shape index (κ2) is 6.85. The van der Waals surface area contributed by atoms with Gasteiger partial charge in [0.2, 0.25) is 0 Å².